The average molecular weight is 345 g/mol. The zero-order valence-electron chi connectivity index (χ0n) is 15.1. The van der Waals surface area contributed by atoms with Gasteiger partial charge in [0.05, 0.1) is 11.2 Å². The van der Waals surface area contributed by atoms with Gasteiger partial charge in [-0.2, -0.15) is 0 Å². The van der Waals surface area contributed by atoms with E-state index in [1.807, 2.05) is 36.0 Å². The van der Waals surface area contributed by atoms with E-state index in [0.29, 0.717) is 11.4 Å². The van der Waals surface area contributed by atoms with Gasteiger partial charge in [0.25, 0.3) is 5.91 Å². The van der Waals surface area contributed by atoms with E-state index in [1.54, 1.807) is 27.8 Å². The van der Waals surface area contributed by atoms with Gasteiger partial charge in [-0.15, -0.1) is 0 Å². The number of carbonyl (C=O) groups is 2. The van der Waals surface area contributed by atoms with Crippen molar-refractivity contribution in [1.29, 1.82) is 0 Å². The van der Waals surface area contributed by atoms with Gasteiger partial charge in [0, 0.05) is 31.7 Å². The van der Waals surface area contributed by atoms with Crippen molar-refractivity contribution in [2.75, 3.05) is 18.6 Å². The van der Waals surface area contributed by atoms with Gasteiger partial charge >= 0.3 is 6.09 Å². The Bertz CT molecular complexity index is 835. The Morgan fingerprint density at radius 3 is 2.72 bits per heavy atom. The molecule has 1 aromatic heterocycles. The lowest BCUT2D eigenvalue weighted by Gasteiger charge is -2.23. The number of aromatic nitrogens is 1. The molecule has 1 atom stereocenters. The highest BCUT2D eigenvalue weighted by Crippen LogP contribution is 2.35. The number of carbonyl (C=O) groups excluding carboxylic acids is 2. The molecule has 134 valence electrons. The van der Waals surface area contributed by atoms with Crippen LogP contribution < -0.4 is 15.0 Å². The predicted octanol–water partition coefficient (Wildman–Crippen LogP) is 2.43. The van der Waals surface area contributed by atoms with Crippen LogP contribution in [0.15, 0.2) is 24.4 Å². The summed E-state index contributed by atoms with van der Waals surface area (Å²) in [5, 5.41) is 3.61. The summed E-state index contributed by atoms with van der Waals surface area (Å²) in [4.78, 5) is 26.2. The molecule has 0 bridgehead atoms. The standard InChI is InChI=1S/C18H23N3O4/c1-18(2,3)25-17(23)19-12-10-24-15-9-13-11(6-7-20(13)4)8-14(15)21(5)16(12)22/h6-9,12H,10H2,1-5H3,(H,19,23)/t12-/m1/s1. The quantitative estimate of drug-likeness (QED) is 0.861. The van der Waals surface area contributed by atoms with Crippen molar-refractivity contribution in [2.45, 2.75) is 32.4 Å². The minimum Gasteiger partial charge on any atom is -0.489 e. The van der Waals surface area contributed by atoms with E-state index in [4.69, 9.17) is 9.47 Å². The van der Waals surface area contributed by atoms with Crippen LogP contribution in [0.2, 0.25) is 0 Å². The van der Waals surface area contributed by atoms with Crippen LogP contribution >= 0.6 is 0 Å². The number of fused-ring (bicyclic) bond motifs is 2. The van der Waals surface area contributed by atoms with Crippen LogP contribution in [-0.2, 0) is 16.6 Å². The molecule has 7 heteroatoms. The van der Waals surface area contributed by atoms with Crippen LogP contribution in [-0.4, -0.2) is 41.9 Å². The Balaban J connectivity index is 1.85. The van der Waals surface area contributed by atoms with Gasteiger partial charge in [0.15, 0.2) is 0 Å². The highest BCUT2D eigenvalue weighted by molar-refractivity contribution is 6.02. The minimum absolute atomic E-state index is 0.0470. The van der Waals surface area contributed by atoms with Crippen molar-refractivity contribution in [2.24, 2.45) is 7.05 Å². The zero-order valence-corrected chi connectivity index (χ0v) is 15.1. The highest BCUT2D eigenvalue weighted by atomic mass is 16.6. The summed E-state index contributed by atoms with van der Waals surface area (Å²) >= 11 is 0. The maximum atomic E-state index is 12.7. The Labute approximate surface area is 146 Å². The van der Waals surface area contributed by atoms with Gasteiger partial charge in [-0.25, -0.2) is 4.79 Å². The lowest BCUT2D eigenvalue weighted by molar-refractivity contribution is -0.120. The number of likely N-dealkylation sites (N-methyl/N-ethyl adjacent to an activating group) is 1. The molecule has 0 saturated carbocycles. The Hall–Kier alpha value is -2.70. The first kappa shape index (κ1) is 17.1. The van der Waals surface area contributed by atoms with Gasteiger partial charge in [-0.3, -0.25) is 4.79 Å². The molecule has 0 radical (unpaired) electrons. The number of ether oxygens (including phenoxy) is 2. The molecule has 0 fully saturated rings. The van der Waals surface area contributed by atoms with Crippen molar-refractivity contribution in [3.8, 4) is 5.75 Å². The van der Waals surface area contributed by atoms with Crippen LogP contribution in [0.3, 0.4) is 0 Å². The van der Waals surface area contributed by atoms with E-state index in [9.17, 15) is 9.59 Å². The number of nitrogens with one attached hydrogen (secondary N) is 1. The van der Waals surface area contributed by atoms with E-state index < -0.39 is 17.7 Å². The summed E-state index contributed by atoms with van der Waals surface area (Å²) in [7, 11) is 3.63. The summed E-state index contributed by atoms with van der Waals surface area (Å²) in [5.41, 5.74) is 1.06. The molecular weight excluding hydrogens is 322 g/mol. The summed E-state index contributed by atoms with van der Waals surface area (Å²) in [6.07, 6.45) is 1.32. The number of aryl methyl sites for hydroxylation is 1. The molecule has 2 amide bonds. The molecule has 25 heavy (non-hydrogen) atoms. The van der Waals surface area contributed by atoms with Gasteiger partial charge in [0.2, 0.25) is 0 Å². The topological polar surface area (TPSA) is 72.8 Å². The van der Waals surface area contributed by atoms with E-state index in [0.717, 1.165) is 10.9 Å². The maximum Gasteiger partial charge on any atom is 0.408 e. The molecule has 7 nitrogen and oxygen atoms in total. The molecular formula is C18H23N3O4. The van der Waals surface area contributed by atoms with Gasteiger partial charge in [0.1, 0.15) is 24.0 Å². The first-order chi connectivity index (χ1) is 11.7. The summed E-state index contributed by atoms with van der Waals surface area (Å²) in [5.74, 6) is 0.360. The predicted molar refractivity (Wildman–Crippen MR) is 95.0 cm³/mol. The van der Waals surface area contributed by atoms with E-state index in [1.165, 1.54) is 4.90 Å². The van der Waals surface area contributed by atoms with Crippen molar-refractivity contribution >= 4 is 28.6 Å². The number of nitrogens with zero attached hydrogens (tertiary/aromatic N) is 2. The first-order valence-corrected chi connectivity index (χ1v) is 8.15. The van der Waals surface area contributed by atoms with Crippen LogP contribution in [0.4, 0.5) is 10.5 Å². The SMILES string of the molecule is CN1C(=O)[C@H](NC(=O)OC(C)(C)C)COc2cc3c(ccn3C)cc21. The second kappa shape index (κ2) is 5.98. The number of anilines is 1. The number of rotatable bonds is 1. The zero-order chi connectivity index (χ0) is 18.4. The van der Waals surface area contributed by atoms with E-state index in [-0.39, 0.29) is 12.5 Å². The third-order valence-corrected chi connectivity index (χ3v) is 4.05. The molecule has 1 N–H and O–H groups in total. The normalized spacial score (nSPS) is 17.7. The molecule has 2 aromatic rings. The Kier molecular flexibility index (Phi) is 4.10. The number of benzene rings is 1. The molecule has 1 aliphatic heterocycles. The fourth-order valence-electron chi connectivity index (χ4n) is 2.81. The molecule has 0 unspecified atom stereocenters. The largest absolute Gasteiger partial charge is 0.489 e. The summed E-state index contributed by atoms with van der Waals surface area (Å²) < 4.78 is 13.0. The van der Waals surface area contributed by atoms with E-state index in [2.05, 4.69) is 5.32 Å². The van der Waals surface area contributed by atoms with Crippen LogP contribution in [0, 0.1) is 0 Å². The highest BCUT2D eigenvalue weighted by Gasteiger charge is 2.32. The fourth-order valence-corrected chi connectivity index (χ4v) is 2.81. The Morgan fingerprint density at radius 1 is 1.32 bits per heavy atom. The smallest absolute Gasteiger partial charge is 0.408 e. The molecule has 1 aliphatic rings. The van der Waals surface area contributed by atoms with Crippen molar-refractivity contribution in [3.05, 3.63) is 24.4 Å². The maximum absolute atomic E-state index is 12.7. The minimum atomic E-state index is -0.810. The first-order valence-electron chi connectivity index (χ1n) is 8.15. The monoisotopic (exact) mass is 345 g/mol. The molecule has 0 spiro atoms. The second-order valence-corrected chi connectivity index (χ2v) is 7.21. The summed E-state index contributed by atoms with van der Waals surface area (Å²) in [6, 6.07) is 4.99. The molecule has 1 aromatic carbocycles. The van der Waals surface area contributed by atoms with Crippen LogP contribution in [0.5, 0.6) is 5.75 Å². The molecule has 3 rings (SSSR count). The van der Waals surface area contributed by atoms with Crippen molar-refractivity contribution in [3.63, 3.8) is 0 Å². The van der Waals surface area contributed by atoms with Crippen LogP contribution in [0.25, 0.3) is 10.9 Å². The second-order valence-electron chi connectivity index (χ2n) is 7.21. The molecule has 2 heterocycles. The van der Waals surface area contributed by atoms with Crippen LogP contribution in [0.1, 0.15) is 20.8 Å². The number of hydrogen-bond acceptors (Lipinski definition) is 4. The third kappa shape index (κ3) is 3.40. The van der Waals surface area contributed by atoms with Gasteiger partial charge in [-0.05, 0) is 32.9 Å². The van der Waals surface area contributed by atoms with Gasteiger partial charge in [-0.1, -0.05) is 0 Å². The lowest BCUT2D eigenvalue weighted by atomic mass is 10.2. The number of alkyl carbamates (subject to hydrolysis) is 1. The summed E-state index contributed by atoms with van der Waals surface area (Å²) in [6.45, 7) is 5.36. The van der Waals surface area contributed by atoms with E-state index >= 15 is 0 Å². The average Bonchev–Trinajstić information content (AvgIpc) is 2.82. The van der Waals surface area contributed by atoms with Crippen molar-refractivity contribution < 1.29 is 19.1 Å². The fraction of sp³-hybridized carbons (Fsp3) is 0.444. The molecule has 0 aliphatic carbocycles. The lowest BCUT2D eigenvalue weighted by Crippen LogP contribution is -2.50. The molecule has 0 saturated heterocycles. The van der Waals surface area contributed by atoms with Crippen molar-refractivity contribution in [1.82, 2.24) is 9.88 Å². The third-order valence-electron chi connectivity index (χ3n) is 4.05. The Morgan fingerprint density at radius 2 is 2.04 bits per heavy atom. The van der Waals surface area contributed by atoms with Gasteiger partial charge < -0.3 is 24.3 Å². The number of hydrogen-bond donors (Lipinski definition) is 1. The number of amides is 2.